The molecule has 1 unspecified atom stereocenters. The van der Waals surface area contributed by atoms with Crippen LogP contribution in [0, 0.1) is 0 Å². The van der Waals surface area contributed by atoms with Crippen molar-refractivity contribution in [2.45, 2.75) is 12.5 Å². The maximum absolute atomic E-state index is 5.93. The molecule has 0 amide bonds. The largest absolute Gasteiger partial charge is 0.485 e. The number of ether oxygens (including phenoxy) is 1. The van der Waals surface area contributed by atoms with Gasteiger partial charge in [-0.1, -0.05) is 39.7 Å². The van der Waals surface area contributed by atoms with Gasteiger partial charge in [0, 0.05) is 27.1 Å². The predicted molar refractivity (Wildman–Crippen MR) is 65.5 cm³/mol. The van der Waals surface area contributed by atoms with Gasteiger partial charge in [0.1, 0.15) is 11.9 Å². The Balaban J connectivity index is 2.21. The molecule has 1 atom stereocenters. The van der Waals surface area contributed by atoms with Crippen LogP contribution in [0.4, 0.5) is 0 Å². The van der Waals surface area contributed by atoms with Gasteiger partial charge in [0.2, 0.25) is 0 Å². The molecular formula is C12H8BrClO. The third-order valence-electron chi connectivity index (χ3n) is 2.70. The van der Waals surface area contributed by atoms with Crippen molar-refractivity contribution in [2.75, 3.05) is 0 Å². The van der Waals surface area contributed by atoms with E-state index in [2.05, 4.69) is 28.1 Å². The second kappa shape index (κ2) is 3.39. The molecular weight excluding hydrogens is 275 g/mol. The molecule has 1 aromatic carbocycles. The van der Waals surface area contributed by atoms with Crippen LogP contribution in [0.15, 0.2) is 34.8 Å². The van der Waals surface area contributed by atoms with E-state index in [0.717, 1.165) is 27.2 Å². The molecule has 0 saturated heterocycles. The van der Waals surface area contributed by atoms with Crippen LogP contribution < -0.4 is 4.74 Å². The van der Waals surface area contributed by atoms with Gasteiger partial charge in [0.15, 0.2) is 0 Å². The van der Waals surface area contributed by atoms with E-state index in [9.17, 15) is 0 Å². The van der Waals surface area contributed by atoms with Crippen LogP contribution in [0.3, 0.4) is 0 Å². The molecule has 1 heterocycles. The van der Waals surface area contributed by atoms with Crippen molar-refractivity contribution in [3.05, 3.63) is 45.4 Å². The lowest BCUT2D eigenvalue weighted by Crippen LogP contribution is -2.13. The van der Waals surface area contributed by atoms with Crippen molar-refractivity contribution in [3.8, 4) is 5.75 Å². The zero-order valence-corrected chi connectivity index (χ0v) is 10.2. The molecule has 1 aromatic rings. The molecule has 0 spiro atoms. The summed E-state index contributed by atoms with van der Waals surface area (Å²) in [5.41, 5.74) is 2.39. The molecule has 76 valence electrons. The van der Waals surface area contributed by atoms with Gasteiger partial charge < -0.3 is 4.74 Å². The van der Waals surface area contributed by atoms with Crippen LogP contribution in [-0.4, -0.2) is 6.10 Å². The Morgan fingerprint density at radius 1 is 1.40 bits per heavy atom. The number of halogens is 2. The molecule has 15 heavy (non-hydrogen) atoms. The Morgan fingerprint density at radius 3 is 3.13 bits per heavy atom. The minimum atomic E-state index is 0.151. The topological polar surface area (TPSA) is 9.23 Å². The highest BCUT2D eigenvalue weighted by atomic mass is 79.9. The van der Waals surface area contributed by atoms with Gasteiger partial charge in [-0.05, 0) is 18.2 Å². The van der Waals surface area contributed by atoms with Crippen LogP contribution in [-0.2, 0) is 0 Å². The molecule has 3 rings (SSSR count). The van der Waals surface area contributed by atoms with Crippen molar-refractivity contribution in [1.82, 2.24) is 0 Å². The Kier molecular flexibility index (Phi) is 2.15. The summed E-state index contributed by atoms with van der Waals surface area (Å²) in [7, 11) is 0. The standard InChI is InChI=1S/C12H8BrClO/c13-9-2-1-3-10-12(9)8-5-4-7(14)6-11(8)15-10/h1-2,4-6,10H,3H2. The summed E-state index contributed by atoms with van der Waals surface area (Å²) in [5.74, 6) is 0.892. The summed E-state index contributed by atoms with van der Waals surface area (Å²) < 4.78 is 6.95. The van der Waals surface area contributed by atoms with E-state index in [1.165, 1.54) is 5.57 Å². The number of rotatable bonds is 0. The lowest BCUT2D eigenvalue weighted by Gasteiger charge is -2.14. The van der Waals surface area contributed by atoms with Gasteiger partial charge >= 0.3 is 0 Å². The highest BCUT2D eigenvalue weighted by Crippen LogP contribution is 2.44. The third kappa shape index (κ3) is 1.44. The molecule has 0 fully saturated rings. The SMILES string of the molecule is Clc1ccc2c(c1)OC1CC=CC(Br)=C21. The van der Waals surface area contributed by atoms with E-state index >= 15 is 0 Å². The number of allylic oxidation sites excluding steroid dienone is 2. The Hall–Kier alpha value is -0.730. The lowest BCUT2D eigenvalue weighted by molar-refractivity contribution is 0.279. The fourth-order valence-corrected chi connectivity index (χ4v) is 2.85. The van der Waals surface area contributed by atoms with Crippen LogP contribution in [0.1, 0.15) is 12.0 Å². The summed E-state index contributed by atoms with van der Waals surface area (Å²) in [6, 6.07) is 5.80. The first-order valence-corrected chi connectivity index (χ1v) is 5.95. The fraction of sp³-hybridized carbons (Fsp3) is 0.167. The van der Waals surface area contributed by atoms with Crippen molar-refractivity contribution in [3.63, 3.8) is 0 Å². The quantitative estimate of drug-likeness (QED) is 0.694. The fourth-order valence-electron chi connectivity index (χ4n) is 2.04. The third-order valence-corrected chi connectivity index (χ3v) is 3.62. The van der Waals surface area contributed by atoms with Crippen molar-refractivity contribution in [2.24, 2.45) is 0 Å². The average Bonchev–Trinajstić information content (AvgIpc) is 2.56. The van der Waals surface area contributed by atoms with E-state index in [4.69, 9.17) is 16.3 Å². The van der Waals surface area contributed by atoms with Gasteiger partial charge in [-0.15, -0.1) is 0 Å². The molecule has 1 nitrogen and oxygen atoms in total. The van der Waals surface area contributed by atoms with E-state index in [0.29, 0.717) is 0 Å². The molecule has 3 heteroatoms. The first-order valence-electron chi connectivity index (χ1n) is 4.78. The van der Waals surface area contributed by atoms with Crippen LogP contribution in [0.5, 0.6) is 5.75 Å². The normalized spacial score (nSPS) is 22.4. The first kappa shape index (κ1) is 9.49. The molecule has 0 saturated carbocycles. The molecule has 1 aliphatic carbocycles. The van der Waals surface area contributed by atoms with Crippen LogP contribution in [0.25, 0.3) is 5.57 Å². The van der Waals surface area contributed by atoms with E-state index in [1.807, 2.05) is 18.2 Å². The maximum atomic E-state index is 5.93. The Morgan fingerprint density at radius 2 is 2.27 bits per heavy atom. The summed E-state index contributed by atoms with van der Waals surface area (Å²) >= 11 is 9.50. The number of hydrogen-bond donors (Lipinski definition) is 0. The number of hydrogen-bond acceptors (Lipinski definition) is 1. The van der Waals surface area contributed by atoms with Gasteiger partial charge in [-0.25, -0.2) is 0 Å². The highest BCUT2D eigenvalue weighted by molar-refractivity contribution is 9.12. The first-order chi connectivity index (χ1) is 7.25. The van der Waals surface area contributed by atoms with Gasteiger partial charge in [-0.3, -0.25) is 0 Å². The number of fused-ring (bicyclic) bond motifs is 3. The summed E-state index contributed by atoms with van der Waals surface area (Å²) in [5, 5.41) is 0.720. The van der Waals surface area contributed by atoms with Gasteiger partial charge in [0.25, 0.3) is 0 Å². The smallest absolute Gasteiger partial charge is 0.129 e. The highest BCUT2D eigenvalue weighted by Gasteiger charge is 2.31. The predicted octanol–water partition coefficient (Wildman–Crippen LogP) is 4.17. The Labute approximate surface area is 102 Å². The lowest BCUT2D eigenvalue weighted by atomic mass is 9.97. The van der Waals surface area contributed by atoms with Crippen molar-refractivity contribution >= 4 is 33.1 Å². The number of benzene rings is 1. The van der Waals surface area contributed by atoms with E-state index in [-0.39, 0.29) is 6.10 Å². The second-order valence-corrected chi connectivity index (χ2v) is 4.94. The zero-order valence-electron chi connectivity index (χ0n) is 7.84. The molecule has 0 bridgehead atoms. The van der Waals surface area contributed by atoms with Gasteiger partial charge in [-0.2, -0.15) is 0 Å². The minimum Gasteiger partial charge on any atom is -0.485 e. The molecule has 2 aliphatic rings. The summed E-state index contributed by atoms with van der Waals surface area (Å²) in [6.07, 6.45) is 5.28. The summed E-state index contributed by atoms with van der Waals surface area (Å²) in [6.45, 7) is 0. The van der Waals surface area contributed by atoms with Crippen LogP contribution in [0.2, 0.25) is 5.02 Å². The van der Waals surface area contributed by atoms with Crippen LogP contribution >= 0.6 is 27.5 Å². The molecule has 0 radical (unpaired) electrons. The minimum absolute atomic E-state index is 0.151. The second-order valence-electron chi connectivity index (χ2n) is 3.65. The zero-order chi connectivity index (χ0) is 10.4. The van der Waals surface area contributed by atoms with Crippen molar-refractivity contribution < 1.29 is 4.74 Å². The molecule has 0 N–H and O–H groups in total. The maximum Gasteiger partial charge on any atom is 0.129 e. The Bertz CT molecular complexity index is 490. The molecule has 1 aliphatic heterocycles. The van der Waals surface area contributed by atoms with Crippen molar-refractivity contribution in [1.29, 1.82) is 0 Å². The monoisotopic (exact) mass is 282 g/mol. The average molecular weight is 284 g/mol. The van der Waals surface area contributed by atoms with E-state index < -0.39 is 0 Å². The van der Waals surface area contributed by atoms with E-state index in [1.54, 1.807) is 0 Å². The molecule has 0 aromatic heterocycles. The van der Waals surface area contributed by atoms with Gasteiger partial charge in [0.05, 0.1) is 0 Å². The summed E-state index contributed by atoms with van der Waals surface area (Å²) in [4.78, 5) is 0.